The Morgan fingerprint density at radius 1 is 1.19 bits per heavy atom. The number of fused-ring (bicyclic) bond motifs is 1. The fraction of sp³-hybridized carbons (Fsp3) is 0.125. The number of aromatic nitrogens is 1. The van der Waals surface area contributed by atoms with E-state index in [0.29, 0.717) is 20.6 Å². The zero-order chi connectivity index (χ0) is 22.4. The first kappa shape index (κ1) is 20.9. The number of hydrogen-bond donors (Lipinski definition) is 1. The number of aryl methyl sites for hydroxylation is 1. The molecule has 5 nitrogen and oxygen atoms in total. The lowest BCUT2D eigenvalue weighted by atomic mass is 9.95. The molecular formula is C24H17ClN2O3S2. The maximum absolute atomic E-state index is 13.3. The predicted molar refractivity (Wildman–Crippen MR) is 129 cm³/mol. The number of halogens is 1. The summed E-state index contributed by atoms with van der Waals surface area (Å²) in [6.45, 7) is 2.08. The number of anilines is 1. The number of ketones is 1. The fourth-order valence-corrected chi connectivity index (χ4v) is 5.78. The SMILES string of the molecule is CCc1ccc2nc(N3C(=O)C(O)=C(C(=O)c4cccs4)C3c3cccc(Cl)c3)sc2c1. The second-order valence-corrected chi connectivity index (χ2v) is 9.75. The zero-order valence-electron chi connectivity index (χ0n) is 16.9. The first-order chi connectivity index (χ1) is 15.5. The van der Waals surface area contributed by atoms with Crippen LogP contribution in [0.1, 0.15) is 33.8 Å². The van der Waals surface area contributed by atoms with E-state index in [9.17, 15) is 14.7 Å². The highest BCUT2D eigenvalue weighted by atomic mass is 35.5. The van der Waals surface area contributed by atoms with Gasteiger partial charge in [0.1, 0.15) is 0 Å². The van der Waals surface area contributed by atoms with Crippen molar-refractivity contribution < 1.29 is 14.7 Å². The molecule has 1 unspecified atom stereocenters. The van der Waals surface area contributed by atoms with Crippen LogP contribution in [0, 0.1) is 0 Å². The molecule has 1 atom stereocenters. The van der Waals surface area contributed by atoms with Crippen molar-refractivity contribution in [2.75, 3.05) is 4.90 Å². The molecule has 8 heteroatoms. The first-order valence-corrected chi connectivity index (χ1v) is 12.0. The first-order valence-electron chi connectivity index (χ1n) is 9.97. The van der Waals surface area contributed by atoms with Crippen molar-refractivity contribution in [2.45, 2.75) is 19.4 Å². The van der Waals surface area contributed by atoms with Crippen LogP contribution in [0.4, 0.5) is 5.13 Å². The molecule has 0 spiro atoms. The van der Waals surface area contributed by atoms with Gasteiger partial charge in [-0.25, -0.2) is 4.98 Å². The minimum absolute atomic E-state index is 0.0354. The summed E-state index contributed by atoms with van der Waals surface area (Å²) < 4.78 is 0.939. The van der Waals surface area contributed by atoms with Crippen LogP contribution >= 0.6 is 34.3 Å². The number of thiophene rings is 1. The van der Waals surface area contributed by atoms with Crippen molar-refractivity contribution in [3.63, 3.8) is 0 Å². The summed E-state index contributed by atoms with van der Waals surface area (Å²) in [5.74, 6) is -1.58. The number of hydrogen-bond acceptors (Lipinski definition) is 6. The summed E-state index contributed by atoms with van der Waals surface area (Å²) in [7, 11) is 0. The molecule has 0 bridgehead atoms. The van der Waals surface area contributed by atoms with E-state index in [1.807, 2.05) is 12.1 Å². The second kappa shape index (κ2) is 8.16. The van der Waals surface area contributed by atoms with E-state index in [2.05, 4.69) is 18.0 Å². The third kappa shape index (κ3) is 3.43. The van der Waals surface area contributed by atoms with Gasteiger partial charge < -0.3 is 5.11 Å². The molecule has 1 N–H and O–H groups in total. The lowest BCUT2D eigenvalue weighted by Crippen LogP contribution is -2.30. The highest BCUT2D eigenvalue weighted by Gasteiger charge is 2.46. The standard InChI is InChI=1S/C24H17ClN2O3S2/c1-2-13-8-9-16-18(11-13)32-24(26-16)27-20(14-5-3-6-15(25)12-14)19(22(29)23(27)30)21(28)17-7-4-10-31-17/h3-12,20,29H,2H2,1H3. The molecule has 0 aliphatic carbocycles. The average molecular weight is 481 g/mol. The Hall–Kier alpha value is -3.00. The molecule has 0 fully saturated rings. The van der Waals surface area contributed by atoms with Gasteiger partial charge in [-0.3, -0.25) is 14.5 Å². The van der Waals surface area contributed by atoms with Crippen molar-refractivity contribution in [1.82, 2.24) is 4.98 Å². The van der Waals surface area contributed by atoms with Crippen molar-refractivity contribution >= 4 is 61.3 Å². The summed E-state index contributed by atoms with van der Waals surface area (Å²) in [6, 6.07) is 15.6. The number of amides is 1. The molecule has 2 aromatic carbocycles. The number of thiazole rings is 1. The number of nitrogens with zero attached hydrogens (tertiary/aromatic N) is 2. The highest BCUT2D eigenvalue weighted by molar-refractivity contribution is 7.22. The van der Waals surface area contributed by atoms with Gasteiger partial charge in [0, 0.05) is 5.02 Å². The maximum Gasteiger partial charge on any atom is 0.296 e. The van der Waals surface area contributed by atoms with Crippen molar-refractivity contribution in [2.24, 2.45) is 0 Å². The lowest BCUT2D eigenvalue weighted by molar-refractivity contribution is -0.117. The lowest BCUT2D eigenvalue weighted by Gasteiger charge is -2.24. The van der Waals surface area contributed by atoms with E-state index in [1.54, 1.807) is 41.8 Å². The summed E-state index contributed by atoms with van der Waals surface area (Å²) in [5.41, 5.74) is 2.59. The van der Waals surface area contributed by atoms with Crippen LogP contribution in [0.3, 0.4) is 0 Å². The molecule has 0 saturated carbocycles. The molecule has 0 radical (unpaired) electrons. The van der Waals surface area contributed by atoms with Gasteiger partial charge in [-0.2, -0.15) is 0 Å². The van der Waals surface area contributed by atoms with Gasteiger partial charge in [-0.15, -0.1) is 11.3 Å². The molecule has 5 rings (SSSR count). The Morgan fingerprint density at radius 2 is 2.03 bits per heavy atom. The quantitative estimate of drug-likeness (QED) is 0.337. The number of aliphatic hydroxyl groups excluding tert-OH is 1. The monoisotopic (exact) mass is 480 g/mol. The maximum atomic E-state index is 13.3. The number of rotatable bonds is 5. The van der Waals surface area contributed by atoms with Crippen LogP contribution in [-0.2, 0) is 11.2 Å². The molecule has 1 amide bonds. The Bertz CT molecular complexity index is 1390. The molecular weight excluding hydrogens is 464 g/mol. The molecule has 32 heavy (non-hydrogen) atoms. The van der Waals surface area contributed by atoms with Gasteiger partial charge in [0.25, 0.3) is 5.91 Å². The molecule has 2 aromatic heterocycles. The molecule has 1 aliphatic heterocycles. The molecule has 160 valence electrons. The van der Waals surface area contributed by atoms with E-state index < -0.39 is 17.7 Å². The van der Waals surface area contributed by atoms with Crippen LogP contribution < -0.4 is 4.90 Å². The summed E-state index contributed by atoms with van der Waals surface area (Å²) in [5, 5.41) is 13.5. The van der Waals surface area contributed by atoms with Gasteiger partial charge in [-0.05, 0) is 53.3 Å². The van der Waals surface area contributed by atoms with E-state index in [-0.39, 0.29) is 11.4 Å². The van der Waals surface area contributed by atoms with Crippen molar-refractivity contribution in [3.05, 3.63) is 92.3 Å². The molecule has 3 heterocycles. The summed E-state index contributed by atoms with van der Waals surface area (Å²) in [6.07, 6.45) is 0.888. The Labute approximate surface area is 197 Å². The van der Waals surface area contributed by atoms with Crippen LogP contribution in [0.15, 0.2) is 71.3 Å². The number of benzene rings is 2. The molecule has 0 saturated heterocycles. The van der Waals surface area contributed by atoms with E-state index >= 15 is 0 Å². The number of carbonyl (C=O) groups is 2. The Morgan fingerprint density at radius 3 is 2.75 bits per heavy atom. The number of carbonyl (C=O) groups excluding carboxylic acids is 2. The van der Waals surface area contributed by atoms with Crippen molar-refractivity contribution in [1.29, 1.82) is 0 Å². The highest BCUT2D eigenvalue weighted by Crippen LogP contribution is 2.44. The van der Waals surface area contributed by atoms with Gasteiger partial charge in [0.05, 0.1) is 26.7 Å². The average Bonchev–Trinajstić information content (AvgIpc) is 3.51. The van der Waals surface area contributed by atoms with E-state index in [4.69, 9.17) is 11.6 Å². The fourth-order valence-electron chi connectivity index (χ4n) is 3.85. The second-order valence-electron chi connectivity index (χ2n) is 7.35. The molecule has 1 aliphatic rings. The van der Waals surface area contributed by atoms with E-state index in [1.165, 1.54) is 33.1 Å². The summed E-state index contributed by atoms with van der Waals surface area (Å²) in [4.78, 5) is 33.1. The van der Waals surface area contributed by atoms with Gasteiger partial charge >= 0.3 is 0 Å². The normalized spacial score (nSPS) is 16.4. The van der Waals surface area contributed by atoms with Gasteiger partial charge in [0.2, 0.25) is 5.78 Å². The van der Waals surface area contributed by atoms with Crippen LogP contribution in [0.25, 0.3) is 10.2 Å². The number of aliphatic hydroxyl groups is 1. The van der Waals surface area contributed by atoms with Crippen molar-refractivity contribution in [3.8, 4) is 0 Å². The Balaban J connectivity index is 1.68. The van der Waals surface area contributed by atoms with Crippen LogP contribution in [0.5, 0.6) is 0 Å². The minimum atomic E-state index is -0.831. The van der Waals surface area contributed by atoms with Gasteiger partial charge in [0.15, 0.2) is 10.9 Å². The minimum Gasteiger partial charge on any atom is -0.503 e. The topological polar surface area (TPSA) is 70.5 Å². The molecule has 4 aromatic rings. The smallest absolute Gasteiger partial charge is 0.296 e. The van der Waals surface area contributed by atoms with E-state index in [0.717, 1.165) is 16.6 Å². The van der Waals surface area contributed by atoms with Gasteiger partial charge in [-0.1, -0.05) is 54.1 Å². The third-order valence-corrected chi connectivity index (χ3v) is 7.54. The van der Waals surface area contributed by atoms with Crippen LogP contribution in [0.2, 0.25) is 5.02 Å². The predicted octanol–water partition coefficient (Wildman–Crippen LogP) is 6.36. The largest absolute Gasteiger partial charge is 0.503 e. The summed E-state index contributed by atoms with van der Waals surface area (Å²) >= 11 is 8.86. The Kier molecular flexibility index (Phi) is 5.33. The zero-order valence-corrected chi connectivity index (χ0v) is 19.3. The third-order valence-electron chi connectivity index (χ3n) is 5.42. The number of Topliss-reactive ketones (excluding diaryl/α,β-unsaturated/α-hetero) is 1. The van der Waals surface area contributed by atoms with Crippen LogP contribution in [-0.4, -0.2) is 21.8 Å².